The number of benzene rings is 2. The molecule has 1 N–H and O–H groups in total. The van der Waals surface area contributed by atoms with Crippen molar-refractivity contribution in [3.8, 4) is 0 Å². The van der Waals surface area contributed by atoms with E-state index < -0.39 is 15.8 Å². The Balaban J connectivity index is 1.87. The van der Waals surface area contributed by atoms with Gasteiger partial charge < -0.3 is 5.32 Å². The van der Waals surface area contributed by atoms with Crippen LogP contribution < -0.4 is 5.32 Å². The molecule has 0 aliphatic heterocycles. The van der Waals surface area contributed by atoms with E-state index in [2.05, 4.69) is 5.32 Å². The number of rotatable bonds is 7. The molecule has 2 rings (SSSR count). The molecular weight excluding hydrogens is 343 g/mol. The molecule has 0 saturated carbocycles. The minimum absolute atomic E-state index is 0.0285. The van der Waals surface area contributed by atoms with Crippen LogP contribution in [0.15, 0.2) is 53.4 Å². The van der Waals surface area contributed by atoms with Crippen molar-refractivity contribution in [2.45, 2.75) is 24.7 Å². The van der Waals surface area contributed by atoms with Gasteiger partial charge in [0.25, 0.3) is 0 Å². The Morgan fingerprint density at radius 3 is 2.40 bits per heavy atom. The van der Waals surface area contributed by atoms with Gasteiger partial charge in [0, 0.05) is 25.7 Å². The number of hydrogen-bond donors (Lipinski definition) is 1. The summed E-state index contributed by atoms with van der Waals surface area (Å²) >= 11 is 0. The van der Waals surface area contributed by atoms with E-state index in [0.29, 0.717) is 6.42 Å². The van der Waals surface area contributed by atoms with Crippen molar-refractivity contribution in [3.63, 3.8) is 0 Å². The Morgan fingerprint density at radius 1 is 1.12 bits per heavy atom. The zero-order valence-electron chi connectivity index (χ0n) is 14.2. The normalized spacial score (nSPS) is 11.5. The topological polar surface area (TPSA) is 66.5 Å². The summed E-state index contributed by atoms with van der Waals surface area (Å²) in [7, 11) is -2.24. The van der Waals surface area contributed by atoms with Crippen LogP contribution in [0, 0.1) is 12.7 Å². The van der Waals surface area contributed by atoms with Gasteiger partial charge in [0.05, 0.1) is 4.90 Å². The summed E-state index contributed by atoms with van der Waals surface area (Å²) in [6.07, 6.45) is 0.590. The van der Waals surface area contributed by atoms with E-state index in [4.69, 9.17) is 0 Å². The summed E-state index contributed by atoms with van der Waals surface area (Å²) in [6, 6.07) is 12.1. The SMILES string of the molecule is Cc1ccccc1NC(=O)CCCN(C)S(=O)(=O)c1ccc(F)cc1. The zero-order chi connectivity index (χ0) is 18.4. The van der Waals surface area contributed by atoms with Gasteiger partial charge in [0.15, 0.2) is 0 Å². The maximum absolute atomic E-state index is 12.9. The molecule has 0 spiro atoms. The monoisotopic (exact) mass is 364 g/mol. The number of nitrogens with zero attached hydrogens (tertiary/aromatic N) is 1. The average Bonchev–Trinajstić information content (AvgIpc) is 2.57. The lowest BCUT2D eigenvalue weighted by molar-refractivity contribution is -0.116. The van der Waals surface area contributed by atoms with Gasteiger partial charge in [0.2, 0.25) is 15.9 Å². The van der Waals surface area contributed by atoms with E-state index in [1.165, 1.54) is 23.5 Å². The number of amides is 1. The minimum atomic E-state index is -3.68. The van der Waals surface area contributed by atoms with Gasteiger partial charge in [-0.2, -0.15) is 0 Å². The van der Waals surface area contributed by atoms with E-state index >= 15 is 0 Å². The van der Waals surface area contributed by atoms with E-state index in [-0.39, 0.29) is 23.8 Å². The number of sulfonamides is 1. The molecule has 25 heavy (non-hydrogen) atoms. The Hall–Kier alpha value is -2.25. The number of nitrogens with one attached hydrogen (secondary N) is 1. The molecule has 7 heteroatoms. The second kappa shape index (κ2) is 8.22. The van der Waals surface area contributed by atoms with Crippen molar-refractivity contribution in [2.24, 2.45) is 0 Å². The summed E-state index contributed by atoms with van der Waals surface area (Å²) in [5.41, 5.74) is 1.71. The molecule has 0 aromatic heterocycles. The highest BCUT2D eigenvalue weighted by molar-refractivity contribution is 7.89. The first-order valence-corrected chi connectivity index (χ1v) is 9.32. The van der Waals surface area contributed by atoms with E-state index in [1.807, 2.05) is 31.2 Å². The van der Waals surface area contributed by atoms with Crippen LogP contribution in [-0.4, -0.2) is 32.2 Å². The maximum atomic E-state index is 12.9. The fourth-order valence-corrected chi connectivity index (χ4v) is 3.50. The largest absolute Gasteiger partial charge is 0.326 e. The quantitative estimate of drug-likeness (QED) is 0.821. The first-order valence-electron chi connectivity index (χ1n) is 7.88. The fraction of sp³-hybridized carbons (Fsp3) is 0.278. The van der Waals surface area contributed by atoms with Crippen LogP contribution in [0.5, 0.6) is 0 Å². The van der Waals surface area contributed by atoms with Gasteiger partial charge in [0.1, 0.15) is 5.82 Å². The lowest BCUT2D eigenvalue weighted by Gasteiger charge is -2.17. The van der Waals surface area contributed by atoms with Crippen LogP contribution in [0.2, 0.25) is 0 Å². The summed E-state index contributed by atoms with van der Waals surface area (Å²) in [5, 5.41) is 2.81. The van der Waals surface area contributed by atoms with Crippen molar-refractivity contribution in [3.05, 3.63) is 59.9 Å². The lowest BCUT2D eigenvalue weighted by Crippen LogP contribution is -2.28. The van der Waals surface area contributed by atoms with Crippen LogP contribution in [0.1, 0.15) is 18.4 Å². The van der Waals surface area contributed by atoms with Crippen LogP contribution in [0.4, 0.5) is 10.1 Å². The molecule has 0 radical (unpaired) electrons. The molecule has 0 aliphatic carbocycles. The Morgan fingerprint density at radius 2 is 1.76 bits per heavy atom. The first-order chi connectivity index (χ1) is 11.8. The molecule has 0 atom stereocenters. The van der Waals surface area contributed by atoms with Gasteiger partial charge in [-0.3, -0.25) is 4.79 Å². The predicted octanol–water partition coefficient (Wildman–Crippen LogP) is 3.17. The first kappa shape index (κ1) is 19.1. The van der Waals surface area contributed by atoms with Crippen molar-refractivity contribution >= 4 is 21.6 Å². The molecular formula is C18H21FN2O3S. The highest BCUT2D eigenvalue weighted by atomic mass is 32.2. The molecule has 0 fully saturated rings. The Kier molecular flexibility index (Phi) is 6.27. The van der Waals surface area contributed by atoms with Crippen molar-refractivity contribution < 1.29 is 17.6 Å². The highest BCUT2D eigenvalue weighted by Crippen LogP contribution is 2.16. The van der Waals surface area contributed by atoms with Gasteiger partial charge in [-0.1, -0.05) is 18.2 Å². The molecule has 2 aromatic rings. The summed E-state index contributed by atoms with van der Waals surface area (Å²) in [6.45, 7) is 2.10. The predicted molar refractivity (Wildman–Crippen MR) is 95.3 cm³/mol. The maximum Gasteiger partial charge on any atom is 0.242 e. The third-order valence-electron chi connectivity index (χ3n) is 3.82. The summed E-state index contributed by atoms with van der Waals surface area (Å²) in [5.74, 6) is -0.656. The van der Waals surface area contributed by atoms with Gasteiger partial charge in [-0.15, -0.1) is 0 Å². The number of para-hydroxylation sites is 1. The van der Waals surface area contributed by atoms with Gasteiger partial charge in [-0.05, 0) is 49.2 Å². The number of aryl methyl sites for hydroxylation is 1. The average molecular weight is 364 g/mol. The number of carbonyl (C=O) groups is 1. The standard InChI is InChI=1S/C18H21FN2O3S/c1-14-6-3-4-7-17(14)20-18(22)8-5-13-21(2)25(23,24)16-11-9-15(19)10-12-16/h3-4,6-7,9-12H,5,8,13H2,1-2H3,(H,20,22). The van der Waals surface area contributed by atoms with Gasteiger partial charge in [-0.25, -0.2) is 17.1 Å². The number of carbonyl (C=O) groups excluding carboxylic acids is 1. The smallest absolute Gasteiger partial charge is 0.242 e. The zero-order valence-corrected chi connectivity index (χ0v) is 15.0. The third-order valence-corrected chi connectivity index (χ3v) is 5.69. The molecule has 2 aromatic carbocycles. The molecule has 0 bridgehead atoms. The Labute approximate surface area is 147 Å². The van der Waals surface area contributed by atoms with Crippen molar-refractivity contribution in [1.29, 1.82) is 0 Å². The lowest BCUT2D eigenvalue weighted by atomic mass is 10.2. The van der Waals surface area contributed by atoms with E-state index in [9.17, 15) is 17.6 Å². The molecule has 0 heterocycles. The van der Waals surface area contributed by atoms with Crippen LogP contribution in [0.3, 0.4) is 0 Å². The van der Waals surface area contributed by atoms with E-state index in [1.54, 1.807) is 0 Å². The Bertz CT molecular complexity index is 836. The molecule has 1 amide bonds. The van der Waals surface area contributed by atoms with Crippen molar-refractivity contribution in [1.82, 2.24) is 4.31 Å². The van der Waals surface area contributed by atoms with E-state index in [0.717, 1.165) is 23.4 Å². The van der Waals surface area contributed by atoms with Gasteiger partial charge >= 0.3 is 0 Å². The number of anilines is 1. The summed E-state index contributed by atoms with van der Waals surface area (Å²) < 4.78 is 38.8. The third kappa shape index (κ3) is 5.11. The van der Waals surface area contributed by atoms with Crippen LogP contribution in [0.25, 0.3) is 0 Å². The van der Waals surface area contributed by atoms with Crippen LogP contribution in [-0.2, 0) is 14.8 Å². The molecule has 134 valence electrons. The van der Waals surface area contributed by atoms with Crippen LogP contribution >= 0.6 is 0 Å². The fourth-order valence-electron chi connectivity index (χ4n) is 2.29. The second-order valence-corrected chi connectivity index (χ2v) is 7.79. The number of halogens is 1. The second-order valence-electron chi connectivity index (χ2n) is 5.75. The molecule has 0 unspecified atom stereocenters. The van der Waals surface area contributed by atoms with Crippen molar-refractivity contribution in [2.75, 3.05) is 18.9 Å². The molecule has 5 nitrogen and oxygen atoms in total. The number of hydrogen-bond acceptors (Lipinski definition) is 3. The minimum Gasteiger partial charge on any atom is -0.326 e. The molecule has 0 saturated heterocycles. The summed E-state index contributed by atoms with van der Waals surface area (Å²) in [4.78, 5) is 12.0. The molecule has 0 aliphatic rings. The highest BCUT2D eigenvalue weighted by Gasteiger charge is 2.20.